The number of aryl methyl sites for hydroxylation is 2. The van der Waals surface area contributed by atoms with Crippen molar-refractivity contribution in [1.82, 2.24) is 19.5 Å². The van der Waals surface area contributed by atoms with Gasteiger partial charge in [0.2, 0.25) is 5.91 Å². The van der Waals surface area contributed by atoms with Gasteiger partial charge in [-0.15, -0.1) is 0 Å². The molecule has 128 valence electrons. The molecule has 6 nitrogen and oxygen atoms in total. The second-order valence-corrected chi connectivity index (χ2v) is 7.05. The number of amides is 1. The molecule has 2 atom stereocenters. The van der Waals surface area contributed by atoms with E-state index in [4.69, 9.17) is 4.42 Å². The van der Waals surface area contributed by atoms with E-state index in [1.54, 1.807) is 6.26 Å². The molecule has 0 radical (unpaired) electrons. The van der Waals surface area contributed by atoms with E-state index in [0.29, 0.717) is 12.8 Å². The highest BCUT2D eigenvalue weighted by atomic mass is 16.3. The first kappa shape index (κ1) is 14.7. The Labute approximate surface area is 145 Å². The lowest BCUT2D eigenvalue weighted by Gasteiger charge is -2.36. The summed E-state index contributed by atoms with van der Waals surface area (Å²) in [6, 6.07) is 6.21. The number of hydrogen-bond donors (Lipinski definition) is 0. The van der Waals surface area contributed by atoms with Gasteiger partial charge < -0.3 is 9.32 Å². The molecule has 0 spiro atoms. The van der Waals surface area contributed by atoms with Crippen LogP contribution in [0.25, 0.3) is 5.65 Å². The van der Waals surface area contributed by atoms with E-state index in [-0.39, 0.29) is 18.0 Å². The van der Waals surface area contributed by atoms with E-state index in [1.165, 1.54) is 5.69 Å². The van der Waals surface area contributed by atoms with Crippen molar-refractivity contribution < 1.29 is 9.21 Å². The molecule has 2 aliphatic rings. The number of carbonyl (C=O) groups excluding carboxylic acids is 1. The zero-order valence-corrected chi connectivity index (χ0v) is 14.2. The second-order valence-electron chi connectivity index (χ2n) is 7.05. The number of aromatic nitrogens is 3. The SMILES string of the molecule is Cc1cc2ncc3c(n2n1)CC1CCC3N1C(=O)CCc1ccco1. The molecule has 0 N–H and O–H groups in total. The lowest BCUT2D eigenvalue weighted by molar-refractivity contribution is -0.134. The quantitative estimate of drug-likeness (QED) is 0.738. The molecule has 25 heavy (non-hydrogen) atoms. The maximum atomic E-state index is 12.9. The third kappa shape index (κ3) is 2.27. The van der Waals surface area contributed by atoms with Gasteiger partial charge in [-0.2, -0.15) is 5.10 Å². The van der Waals surface area contributed by atoms with Crippen LogP contribution in [0.5, 0.6) is 0 Å². The summed E-state index contributed by atoms with van der Waals surface area (Å²) in [5.41, 5.74) is 4.26. The van der Waals surface area contributed by atoms with Crippen molar-refractivity contribution in [2.45, 2.75) is 51.1 Å². The highest BCUT2D eigenvalue weighted by Gasteiger charge is 2.43. The number of nitrogens with zero attached hydrogens (tertiary/aromatic N) is 4. The standard InChI is InChI=1S/C19H20N4O2/c1-12-9-18-20-11-15-16-6-4-13(10-17(15)23(18)21-12)22(16)19(24)7-5-14-3-2-8-25-14/h2-3,8-9,11,13,16H,4-7,10H2,1H3. The van der Waals surface area contributed by atoms with Crippen LogP contribution in [0.3, 0.4) is 0 Å². The average Bonchev–Trinajstić information content (AvgIpc) is 3.31. The zero-order chi connectivity index (χ0) is 17.0. The number of hydrogen-bond acceptors (Lipinski definition) is 4. The van der Waals surface area contributed by atoms with Gasteiger partial charge in [-0.05, 0) is 31.9 Å². The zero-order valence-electron chi connectivity index (χ0n) is 14.2. The van der Waals surface area contributed by atoms with E-state index < -0.39 is 0 Å². The summed E-state index contributed by atoms with van der Waals surface area (Å²) in [7, 11) is 0. The Bertz CT molecular complexity index is 944. The molecular weight excluding hydrogens is 316 g/mol. The molecule has 5 rings (SSSR count). The molecule has 1 amide bonds. The minimum Gasteiger partial charge on any atom is -0.469 e. The fourth-order valence-corrected chi connectivity index (χ4v) is 4.39. The Balaban J connectivity index is 1.45. The molecular formula is C19H20N4O2. The summed E-state index contributed by atoms with van der Waals surface area (Å²) in [5, 5.41) is 4.60. The van der Waals surface area contributed by atoms with Crippen LogP contribution < -0.4 is 0 Å². The fraction of sp³-hybridized carbons (Fsp3) is 0.421. The molecule has 6 heteroatoms. The maximum Gasteiger partial charge on any atom is 0.223 e. The largest absolute Gasteiger partial charge is 0.469 e. The first-order valence-electron chi connectivity index (χ1n) is 8.88. The van der Waals surface area contributed by atoms with Crippen LogP contribution in [-0.4, -0.2) is 31.4 Å². The molecule has 0 aliphatic carbocycles. The molecule has 2 unspecified atom stereocenters. The van der Waals surface area contributed by atoms with Gasteiger partial charge in [-0.3, -0.25) is 4.79 Å². The van der Waals surface area contributed by atoms with Crippen molar-refractivity contribution in [3.05, 3.63) is 53.4 Å². The Hall–Kier alpha value is -2.63. The van der Waals surface area contributed by atoms with Crippen LogP contribution in [0.2, 0.25) is 0 Å². The summed E-state index contributed by atoms with van der Waals surface area (Å²) in [4.78, 5) is 19.5. The second kappa shape index (κ2) is 5.44. The van der Waals surface area contributed by atoms with Gasteiger partial charge in [0.25, 0.3) is 0 Å². The van der Waals surface area contributed by atoms with E-state index in [9.17, 15) is 4.79 Å². The molecule has 3 aromatic heterocycles. The molecule has 1 saturated heterocycles. The lowest BCUT2D eigenvalue weighted by atomic mass is 9.98. The lowest BCUT2D eigenvalue weighted by Crippen LogP contribution is -2.42. The topological polar surface area (TPSA) is 63.6 Å². The summed E-state index contributed by atoms with van der Waals surface area (Å²) >= 11 is 0. The van der Waals surface area contributed by atoms with Crippen molar-refractivity contribution in [2.24, 2.45) is 0 Å². The van der Waals surface area contributed by atoms with Crippen LogP contribution >= 0.6 is 0 Å². The predicted octanol–water partition coefficient (Wildman–Crippen LogP) is 2.85. The first-order chi connectivity index (χ1) is 12.2. The molecule has 1 fully saturated rings. The van der Waals surface area contributed by atoms with Crippen molar-refractivity contribution in [1.29, 1.82) is 0 Å². The normalized spacial score (nSPS) is 21.7. The highest BCUT2D eigenvalue weighted by molar-refractivity contribution is 5.78. The predicted molar refractivity (Wildman–Crippen MR) is 91.1 cm³/mol. The van der Waals surface area contributed by atoms with Gasteiger partial charge in [0.1, 0.15) is 5.76 Å². The minimum absolute atomic E-state index is 0.138. The van der Waals surface area contributed by atoms with Gasteiger partial charge in [-0.25, -0.2) is 9.50 Å². The van der Waals surface area contributed by atoms with Crippen LogP contribution in [0.1, 0.15) is 48.0 Å². The van der Waals surface area contributed by atoms with Crippen molar-refractivity contribution in [2.75, 3.05) is 0 Å². The number of carbonyl (C=O) groups is 1. The smallest absolute Gasteiger partial charge is 0.223 e. The Kier molecular flexibility index (Phi) is 3.20. The molecule has 0 saturated carbocycles. The summed E-state index contributed by atoms with van der Waals surface area (Å²) in [5.74, 6) is 1.08. The molecule has 2 aliphatic heterocycles. The van der Waals surface area contributed by atoms with Crippen LogP contribution in [0.4, 0.5) is 0 Å². The van der Waals surface area contributed by atoms with Crippen molar-refractivity contribution in [3.63, 3.8) is 0 Å². The van der Waals surface area contributed by atoms with Gasteiger partial charge in [0.15, 0.2) is 5.65 Å². The summed E-state index contributed by atoms with van der Waals surface area (Å²) in [6.07, 6.45) is 7.68. The molecule has 0 aromatic carbocycles. The maximum absolute atomic E-state index is 12.9. The van der Waals surface area contributed by atoms with Gasteiger partial charge in [0, 0.05) is 43.1 Å². The monoisotopic (exact) mass is 336 g/mol. The average molecular weight is 336 g/mol. The molecule has 2 bridgehead atoms. The third-order valence-electron chi connectivity index (χ3n) is 5.48. The number of rotatable bonds is 3. The molecule has 3 aromatic rings. The van der Waals surface area contributed by atoms with Crippen molar-refractivity contribution in [3.8, 4) is 0 Å². The Morgan fingerprint density at radius 1 is 1.40 bits per heavy atom. The summed E-state index contributed by atoms with van der Waals surface area (Å²) < 4.78 is 7.33. The molecule has 5 heterocycles. The Morgan fingerprint density at radius 2 is 2.32 bits per heavy atom. The van der Waals surface area contributed by atoms with Crippen LogP contribution in [0.15, 0.2) is 35.1 Å². The van der Waals surface area contributed by atoms with Crippen LogP contribution in [-0.2, 0) is 17.6 Å². The van der Waals surface area contributed by atoms with Crippen molar-refractivity contribution >= 4 is 11.6 Å². The Morgan fingerprint density at radius 3 is 3.16 bits per heavy atom. The van der Waals surface area contributed by atoms with E-state index >= 15 is 0 Å². The number of fused-ring (bicyclic) bond motifs is 6. The first-order valence-corrected chi connectivity index (χ1v) is 8.88. The number of furan rings is 1. The van der Waals surface area contributed by atoms with Gasteiger partial charge >= 0.3 is 0 Å². The van der Waals surface area contributed by atoms with Crippen LogP contribution in [0, 0.1) is 6.92 Å². The summed E-state index contributed by atoms with van der Waals surface area (Å²) in [6.45, 7) is 1.99. The van der Waals surface area contributed by atoms with Gasteiger partial charge in [0.05, 0.1) is 23.7 Å². The van der Waals surface area contributed by atoms with E-state index in [2.05, 4.69) is 15.0 Å². The van der Waals surface area contributed by atoms with Gasteiger partial charge in [-0.1, -0.05) is 0 Å². The van der Waals surface area contributed by atoms with E-state index in [0.717, 1.165) is 41.9 Å². The highest BCUT2D eigenvalue weighted by Crippen LogP contribution is 2.43. The third-order valence-corrected chi connectivity index (χ3v) is 5.48. The fourth-order valence-electron chi connectivity index (χ4n) is 4.39. The minimum atomic E-state index is 0.138. The van der Waals surface area contributed by atoms with E-state index in [1.807, 2.05) is 35.8 Å².